The average Bonchev–Trinajstić information content (AvgIpc) is 2.63. The van der Waals surface area contributed by atoms with Crippen LogP contribution in [0, 0.1) is 0 Å². The molecule has 1 aromatic heterocycles. The highest BCUT2D eigenvalue weighted by atomic mass is 16.5. The molecule has 0 spiro atoms. The smallest absolute Gasteiger partial charge is 0.267 e. The number of hydrogen-bond donors (Lipinski definition) is 1. The Kier molecular flexibility index (Phi) is 7.16. The molecule has 0 radical (unpaired) electrons. The normalized spacial score (nSPS) is 10.5. The molecule has 0 atom stereocenters. The number of carbonyl (C=O) groups excluding carboxylic acids is 1. The lowest BCUT2D eigenvalue weighted by Crippen LogP contribution is -2.34. The first-order valence-corrected chi connectivity index (χ1v) is 8.21. The second kappa shape index (κ2) is 9.58. The summed E-state index contributed by atoms with van der Waals surface area (Å²) >= 11 is 0. The van der Waals surface area contributed by atoms with E-state index in [0.717, 1.165) is 16.7 Å². The molecule has 0 unspecified atom stereocenters. The summed E-state index contributed by atoms with van der Waals surface area (Å²) in [6.45, 7) is 3.56. The van der Waals surface area contributed by atoms with Crippen molar-refractivity contribution in [2.24, 2.45) is 0 Å². The lowest BCUT2D eigenvalue weighted by molar-refractivity contribution is -0.121. The van der Waals surface area contributed by atoms with Crippen molar-refractivity contribution in [3.05, 3.63) is 46.8 Å². The average molecular weight is 345 g/mol. The van der Waals surface area contributed by atoms with E-state index in [1.807, 2.05) is 31.2 Å². The molecule has 0 saturated heterocycles. The molecule has 0 aliphatic heterocycles. The maximum absolute atomic E-state index is 12.0. The topological polar surface area (TPSA) is 82.4 Å². The van der Waals surface area contributed by atoms with E-state index in [-0.39, 0.29) is 18.0 Å². The van der Waals surface area contributed by atoms with Gasteiger partial charge in [-0.3, -0.25) is 9.59 Å². The minimum atomic E-state index is -0.323. The summed E-state index contributed by atoms with van der Waals surface area (Å²) in [6, 6.07) is 10.4. The molecule has 1 N–H and O–H groups in total. The zero-order valence-corrected chi connectivity index (χ0v) is 14.5. The van der Waals surface area contributed by atoms with Crippen LogP contribution in [0.2, 0.25) is 0 Å². The minimum absolute atomic E-state index is 0.120. The molecule has 7 nitrogen and oxygen atoms in total. The van der Waals surface area contributed by atoms with Gasteiger partial charge < -0.3 is 14.8 Å². The van der Waals surface area contributed by atoms with E-state index in [0.29, 0.717) is 31.2 Å². The van der Waals surface area contributed by atoms with Crippen LogP contribution in [0.4, 0.5) is 0 Å². The van der Waals surface area contributed by atoms with Gasteiger partial charge in [0, 0.05) is 31.4 Å². The van der Waals surface area contributed by atoms with Crippen LogP contribution in [0.1, 0.15) is 13.3 Å². The lowest BCUT2D eigenvalue weighted by Gasteiger charge is -2.09. The second-order valence-corrected chi connectivity index (χ2v) is 5.35. The summed E-state index contributed by atoms with van der Waals surface area (Å²) in [7, 11) is 1.59. The maximum Gasteiger partial charge on any atom is 0.267 e. The van der Waals surface area contributed by atoms with Gasteiger partial charge >= 0.3 is 0 Å². The van der Waals surface area contributed by atoms with Gasteiger partial charge in [-0.1, -0.05) is 12.1 Å². The van der Waals surface area contributed by atoms with Gasteiger partial charge in [0.25, 0.3) is 5.56 Å². The van der Waals surface area contributed by atoms with Gasteiger partial charge in [-0.15, -0.1) is 0 Å². The van der Waals surface area contributed by atoms with Crippen molar-refractivity contribution in [1.29, 1.82) is 0 Å². The van der Waals surface area contributed by atoms with Gasteiger partial charge in [0.1, 0.15) is 12.3 Å². The Hall–Kier alpha value is -2.67. The van der Waals surface area contributed by atoms with Gasteiger partial charge in [-0.05, 0) is 31.5 Å². The number of rotatable bonds is 9. The highest BCUT2D eigenvalue weighted by Crippen LogP contribution is 2.20. The molecule has 0 fully saturated rings. The lowest BCUT2D eigenvalue weighted by atomic mass is 10.1. The highest BCUT2D eigenvalue weighted by Gasteiger charge is 2.08. The van der Waals surface area contributed by atoms with Gasteiger partial charge in [0.15, 0.2) is 0 Å². The number of benzene rings is 1. The Morgan fingerprint density at radius 3 is 2.88 bits per heavy atom. The second-order valence-electron chi connectivity index (χ2n) is 5.35. The molecule has 1 aromatic carbocycles. The first kappa shape index (κ1) is 18.7. The van der Waals surface area contributed by atoms with Gasteiger partial charge in [0.05, 0.1) is 12.8 Å². The highest BCUT2D eigenvalue weighted by molar-refractivity contribution is 5.75. The maximum atomic E-state index is 12.0. The number of ether oxygens (including phenoxy) is 2. The van der Waals surface area contributed by atoms with Crippen molar-refractivity contribution in [2.75, 3.05) is 26.9 Å². The van der Waals surface area contributed by atoms with Crippen molar-refractivity contribution in [2.45, 2.75) is 19.9 Å². The molecular formula is C18H23N3O4. The molecule has 134 valence electrons. The minimum Gasteiger partial charge on any atom is -0.497 e. The monoisotopic (exact) mass is 345 g/mol. The van der Waals surface area contributed by atoms with Crippen LogP contribution in [0.25, 0.3) is 11.3 Å². The Balaban J connectivity index is 2.03. The van der Waals surface area contributed by atoms with Crippen LogP contribution in [0.3, 0.4) is 0 Å². The van der Waals surface area contributed by atoms with Crippen molar-refractivity contribution in [3.63, 3.8) is 0 Å². The Bertz CT molecular complexity index is 758. The number of aromatic nitrogens is 2. The number of hydrogen-bond acceptors (Lipinski definition) is 5. The Labute approximate surface area is 146 Å². The number of nitrogens with one attached hydrogen (secondary N) is 1. The van der Waals surface area contributed by atoms with Crippen LogP contribution >= 0.6 is 0 Å². The van der Waals surface area contributed by atoms with E-state index >= 15 is 0 Å². The third-order valence-corrected chi connectivity index (χ3v) is 3.52. The van der Waals surface area contributed by atoms with E-state index in [1.54, 1.807) is 13.2 Å². The van der Waals surface area contributed by atoms with E-state index in [2.05, 4.69) is 10.4 Å². The van der Waals surface area contributed by atoms with E-state index in [1.165, 1.54) is 6.07 Å². The first-order valence-electron chi connectivity index (χ1n) is 8.21. The molecule has 0 aliphatic carbocycles. The predicted octanol–water partition coefficient (Wildman–Crippen LogP) is 1.46. The predicted molar refractivity (Wildman–Crippen MR) is 94.6 cm³/mol. The summed E-state index contributed by atoms with van der Waals surface area (Å²) in [5.41, 5.74) is 1.09. The summed E-state index contributed by atoms with van der Waals surface area (Å²) < 4.78 is 11.6. The van der Waals surface area contributed by atoms with Crippen LogP contribution in [0.15, 0.2) is 41.2 Å². The molecule has 0 aliphatic rings. The molecule has 2 aromatic rings. The largest absolute Gasteiger partial charge is 0.497 e. The molecule has 25 heavy (non-hydrogen) atoms. The Morgan fingerprint density at radius 2 is 2.12 bits per heavy atom. The van der Waals surface area contributed by atoms with Gasteiger partial charge in [-0.2, -0.15) is 5.10 Å². The zero-order chi connectivity index (χ0) is 18.1. The summed E-state index contributed by atoms with van der Waals surface area (Å²) in [5, 5.41) is 7.03. The van der Waals surface area contributed by atoms with Crippen LogP contribution in [0.5, 0.6) is 5.75 Å². The van der Waals surface area contributed by atoms with Crippen molar-refractivity contribution in [1.82, 2.24) is 15.1 Å². The van der Waals surface area contributed by atoms with Gasteiger partial charge in [-0.25, -0.2) is 4.68 Å². The van der Waals surface area contributed by atoms with E-state index in [9.17, 15) is 9.59 Å². The molecule has 0 saturated carbocycles. The third-order valence-electron chi connectivity index (χ3n) is 3.52. The summed E-state index contributed by atoms with van der Waals surface area (Å²) in [5.74, 6) is 0.443. The fourth-order valence-corrected chi connectivity index (χ4v) is 2.24. The Morgan fingerprint density at radius 1 is 1.28 bits per heavy atom. The van der Waals surface area contributed by atoms with Crippen molar-refractivity contribution in [3.8, 4) is 17.0 Å². The standard InChI is InChI=1S/C18H23N3O4/c1-3-25-11-5-10-19-17(22)13-21-18(23)9-8-16(20-21)14-6-4-7-15(12-14)24-2/h4,6-9,12H,3,5,10-11,13H2,1-2H3,(H,19,22). The number of nitrogens with zero attached hydrogens (tertiary/aromatic N) is 2. The number of methoxy groups -OCH3 is 1. The quantitative estimate of drug-likeness (QED) is 0.696. The molecule has 7 heteroatoms. The van der Waals surface area contributed by atoms with E-state index < -0.39 is 0 Å². The zero-order valence-electron chi connectivity index (χ0n) is 14.5. The van der Waals surface area contributed by atoms with Gasteiger partial charge in [0.2, 0.25) is 5.91 Å². The van der Waals surface area contributed by atoms with E-state index in [4.69, 9.17) is 9.47 Å². The molecule has 1 amide bonds. The number of amides is 1. The molecule has 0 bridgehead atoms. The third kappa shape index (κ3) is 5.72. The fourth-order valence-electron chi connectivity index (χ4n) is 2.24. The summed E-state index contributed by atoms with van der Waals surface area (Å²) in [6.07, 6.45) is 0.728. The van der Waals surface area contributed by atoms with Crippen molar-refractivity contribution < 1.29 is 14.3 Å². The van der Waals surface area contributed by atoms with Crippen LogP contribution in [-0.2, 0) is 16.1 Å². The summed E-state index contributed by atoms with van der Waals surface area (Å²) in [4.78, 5) is 23.9. The molecule has 1 heterocycles. The SMILES string of the molecule is CCOCCCNC(=O)Cn1nc(-c2cccc(OC)c2)ccc1=O. The fraction of sp³-hybridized carbons (Fsp3) is 0.389. The van der Waals surface area contributed by atoms with Crippen LogP contribution in [-0.4, -0.2) is 42.6 Å². The van der Waals surface area contributed by atoms with Crippen molar-refractivity contribution >= 4 is 5.91 Å². The molecular weight excluding hydrogens is 322 g/mol. The number of carbonyl (C=O) groups is 1. The molecule has 2 rings (SSSR count). The first-order chi connectivity index (χ1) is 12.1. The van der Waals surface area contributed by atoms with Crippen LogP contribution < -0.4 is 15.6 Å².